The van der Waals surface area contributed by atoms with E-state index < -0.39 is 17.9 Å². The van der Waals surface area contributed by atoms with E-state index in [1.54, 1.807) is 0 Å². The van der Waals surface area contributed by atoms with Crippen molar-refractivity contribution >= 4 is 24.6 Å². The number of rotatable bonds is 4. The summed E-state index contributed by atoms with van der Waals surface area (Å²) in [5.41, 5.74) is 0.132. The monoisotopic (exact) mass is 235 g/mol. The summed E-state index contributed by atoms with van der Waals surface area (Å²) in [4.78, 5) is 36.1. The molecule has 0 saturated heterocycles. The van der Waals surface area contributed by atoms with Crippen LogP contribution >= 0.6 is 0 Å². The fourth-order valence-electron chi connectivity index (χ4n) is 1.03. The third-order valence-electron chi connectivity index (χ3n) is 1.81. The number of esters is 2. The topological polar surface area (TPSA) is 93.0 Å². The zero-order valence-electron chi connectivity index (χ0n) is 8.75. The van der Waals surface area contributed by atoms with Crippen LogP contribution < -0.4 is 0 Å². The molecule has 1 aromatic rings. The summed E-state index contributed by atoms with van der Waals surface area (Å²) in [5, 5.41) is 8.64. The van der Waals surface area contributed by atoms with Gasteiger partial charge in [-0.05, 0) is 31.0 Å². The number of ether oxygens (including phenoxy) is 1. The van der Waals surface area contributed by atoms with Crippen molar-refractivity contribution < 1.29 is 24.2 Å². The maximum Gasteiger partial charge on any atom is 0.345 e. The van der Waals surface area contributed by atoms with Crippen LogP contribution in [-0.4, -0.2) is 36.3 Å². The van der Waals surface area contributed by atoms with E-state index in [2.05, 4.69) is 16.4 Å². The number of hydrogen-bond donors (Lipinski definition) is 1. The molecule has 1 aromatic carbocycles. The number of aliphatic imine (C=N–C) groups is 1. The molecule has 0 spiro atoms. The summed E-state index contributed by atoms with van der Waals surface area (Å²) < 4.78 is 4.42. The van der Waals surface area contributed by atoms with Crippen LogP contribution in [-0.2, 0) is 9.53 Å². The highest BCUT2D eigenvalue weighted by Crippen LogP contribution is 2.06. The third kappa shape index (κ3) is 3.53. The Labute approximate surface area is 96.5 Å². The normalized spacial score (nSPS) is 9.41. The van der Waals surface area contributed by atoms with Crippen molar-refractivity contribution in [2.45, 2.75) is 0 Å². The molecule has 0 radical (unpaired) electrons. The van der Waals surface area contributed by atoms with Gasteiger partial charge < -0.3 is 9.84 Å². The first-order chi connectivity index (χ1) is 8.04. The summed E-state index contributed by atoms with van der Waals surface area (Å²) >= 11 is 0. The molecule has 0 saturated carbocycles. The van der Waals surface area contributed by atoms with Gasteiger partial charge in [-0.2, -0.15) is 0 Å². The molecule has 1 N–H and O–H groups in total. The Kier molecular flexibility index (Phi) is 4.10. The zero-order valence-corrected chi connectivity index (χ0v) is 8.75. The van der Waals surface area contributed by atoms with Crippen LogP contribution in [0.1, 0.15) is 20.7 Å². The van der Waals surface area contributed by atoms with Gasteiger partial charge in [-0.1, -0.05) is 0 Å². The van der Waals surface area contributed by atoms with Gasteiger partial charge in [0, 0.05) is 0 Å². The Bertz CT molecular complexity index is 463. The Balaban J connectivity index is 2.73. The average molecular weight is 235 g/mol. The average Bonchev–Trinajstić information content (AvgIpc) is 2.29. The standard InChI is InChI=1S/C11H9NO5/c1-12-6-9(13)17-11(16)8-4-2-7(3-5-8)10(14)15/h2-5H,1,6H2,(H,14,15). The van der Waals surface area contributed by atoms with Crippen molar-refractivity contribution in [3.63, 3.8) is 0 Å². The van der Waals surface area contributed by atoms with E-state index in [-0.39, 0.29) is 17.7 Å². The number of benzene rings is 1. The van der Waals surface area contributed by atoms with Gasteiger partial charge in [-0.3, -0.25) is 4.99 Å². The molecule has 0 aliphatic carbocycles. The molecule has 0 amide bonds. The van der Waals surface area contributed by atoms with Crippen molar-refractivity contribution in [3.8, 4) is 0 Å². The lowest BCUT2D eigenvalue weighted by Crippen LogP contribution is -2.14. The highest BCUT2D eigenvalue weighted by molar-refractivity contribution is 5.98. The van der Waals surface area contributed by atoms with E-state index in [0.717, 1.165) is 0 Å². The van der Waals surface area contributed by atoms with Crippen molar-refractivity contribution in [2.75, 3.05) is 6.54 Å². The number of carboxylic acids is 1. The number of carboxylic acid groups (broad SMARTS) is 1. The van der Waals surface area contributed by atoms with Crippen LogP contribution in [0.5, 0.6) is 0 Å². The minimum atomic E-state index is -1.10. The molecule has 0 bridgehead atoms. The highest BCUT2D eigenvalue weighted by atomic mass is 16.6. The maximum absolute atomic E-state index is 11.4. The minimum Gasteiger partial charge on any atom is -0.478 e. The van der Waals surface area contributed by atoms with Crippen LogP contribution in [0.2, 0.25) is 0 Å². The predicted molar refractivity (Wildman–Crippen MR) is 58.2 cm³/mol. The summed E-state index contributed by atoms with van der Waals surface area (Å²) in [6.45, 7) is 2.78. The number of carbonyl (C=O) groups is 3. The van der Waals surface area contributed by atoms with Gasteiger partial charge in [0.2, 0.25) is 0 Å². The summed E-state index contributed by atoms with van der Waals surface area (Å²) in [5.74, 6) is -2.76. The first kappa shape index (κ1) is 12.6. The molecule has 0 fully saturated rings. The molecule has 1 rings (SSSR count). The van der Waals surface area contributed by atoms with E-state index in [4.69, 9.17) is 5.11 Å². The van der Waals surface area contributed by atoms with Gasteiger partial charge in [0.05, 0.1) is 11.1 Å². The number of nitrogens with zero attached hydrogens (tertiary/aromatic N) is 1. The second-order valence-electron chi connectivity index (χ2n) is 3.03. The first-order valence-corrected chi connectivity index (χ1v) is 4.55. The van der Waals surface area contributed by atoms with Crippen LogP contribution in [0.15, 0.2) is 29.3 Å². The van der Waals surface area contributed by atoms with Gasteiger partial charge in [0.1, 0.15) is 6.54 Å². The van der Waals surface area contributed by atoms with Crippen molar-refractivity contribution in [3.05, 3.63) is 35.4 Å². The van der Waals surface area contributed by atoms with Crippen LogP contribution in [0, 0.1) is 0 Å². The van der Waals surface area contributed by atoms with Gasteiger partial charge in [-0.25, -0.2) is 14.4 Å². The lowest BCUT2D eigenvalue weighted by molar-refractivity contribution is -0.136. The summed E-state index contributed by atoms with van der Waals surface area (Å²) in [6.07, 6.45) is 0. The lowest BCUT2D eigenvalue weighted by Gasteiger charge is -2.01. The van der Waals surface area contributed by atoms with Gasteiger partial charge in [0.25, 0.3) is 0 Å². The smallest absolute Gasteiger partial charge is 0.345 e. The van der Waals surface area contributed by atoms with E-state index in [9.17, 15) is 14.4 Å². The van der Waals surface area contributed by atoms with Crippen molar-refractivity contribution in [1.29, 1.82) is 0 Å². The largest absolute Gasteiger partial charge is 0.478 e. The van der Waals surface area contributed by atoms with Crippen molar-refractivity contribution in [1.82, 2.24) is 0 Å². The van der Waals surface area contributed by atoms with Gasteiger partial charge in [-0.15, -0.1) is 0 Å². The molecule has 6 nitrogen and oxygen atoms in total. The lowest BCUT2D eigenvalue weighted by atomic mass is 10.1. The molecule has 0 aliphatic rings. The first-order valence-electron chi connectivity index (χ1n) is 4.55. The molecular formula is C11H9NO5. The van der Waals surface area contributed by atoms with E-state index in [1.165, 1.54) is 24.3 Å². The molecular weight excluding hydrogens is 226 g/mol. The van der Waals surface area contributed by atoms with Gasteiger partial charge >= 0.3 is 17.9 Å². The summed E-state index contributed by atoms with van der Waals surface area (Å²) in [6, 6.07) is 5.02. The Morgan fingerprint density at radius 1 is 1.18 bits per heavy atom. The molecule has 0 atom stereocenters. The Hall–Kier alpha value is -2.50. The Morgan fingerprint density at radius 2 is 1.71 bits per heavy atom. The number of aromatic carboxylic acids is 1. The molecule has 0 heterocycles. The fraction of sp³-hybridized carbons (Fsp3) is 0.0909. The Morgan fingerprint density at radius 3 is 2.18 bits per heavy atom. The fourth-order valence-corrected chi connectivity index (χ4v) is 1.03. The van der Waals surface area contributed by atoms with E-state index in [1.807, 2.05) is 0 Å². The second kappa shape index (κ2) is 5.55. The molecule has 17 heavy (non-hydrogen) atoms. The third-order valence-corrected chi connectivity index (χ3v) is 1.81. The molecule has 88 valence electrons. The SMILES string of the molecule is C=NCC(=O)OC(=O)c1ccc(C(=O)O)cc1. The second-order valence-corrected chi connectivity index (χ2v) is 3.03. The quantitative estimate of drug-likeness (QED) is 0.472. The molecule has 0 aliphatic heterocycles. The van der Waals surface area contributed by atoms with Crippen molar-refractivity contribution in [2.24, 2.45) is 4.99 Å². The molecule has 0 aromatic heterocycles. The van der Waals surface area contributed by atoms with Gasteiger partial charge in [0.15, 0.2) is 0 Å². The van der Waals surface area contributed by atoms with Crippen LogP contribution in [0.4, 0.5) is 0 Å². The molecule has 6 heteroatoms. The summed E-state index contributed by atoms with van der Waals surface area (Å²) in [7, 11) is 0. The highest BCUT2D eigenvalue weighted by Gasteiger charge is 2.12. The minimum absolute atomic E-state index is 0.0423. The van der Waals surface area contributed by atoms with E-state index in [0.29, 0.717) is 0 Å². The molecule has 0 unspecified atom stereocenters. The van der Waals surface area contributed by atoms with E-state index >= 15 is 0 Å². The van der Waals surface area contributed by atoms with Crippen LogP contribution in [0.25, 0.3) is 0 Å². The number of carbonyl (C=O) groups excluding carboxylic acids is 2. The maximum atomic E-state index is 11.4. The zero-order chi connectivity index (χ0) is 12.8. The van der Waals surface area contributed by atoms with Crippen LogP contribution in [0.3, 0.4) is 0 Å². The predicted octanol–water partition coefficient (Wildman–Crippen LogP) is 0.769. The number of hydrogen-bond acceptors (Lipinski definition) is 5.